The minimum Gasteiger partial charge on any atom is -0.508 e. The summed E-state index contributed by atoms with van der Waals surface area (Å²) in [4.78, 5) is 37.1. The molecule has 260 valence electrons. The van der Waals surface area contributed by atoms with Crippen molar-refractivity contribution in [2.75, 3.05) is 6.61 Å². The Morgan fingerprint density at radius 2 is 1.46 bits per heavy atom. The predicted molar refractivity (Wildman–Crippen MR) is 158 cm³/mol. The van der Waals surface area contributed by atoms with Crippen molar-refractivity contribution in [3.63, 3.8) is 0 Å². The molecule has 10 atom stereocenters. The summed E-state index contributed by atoms with van der Waals surface area (Å²) in [5.74, 6) is -3.48. The summed E-state index contributed by atoms with van der Waals surface area (Å²) in [5, 5.41) is 72.6. The summed E-state index contributed by atoms with van der Waals surface area (Å²) in [6.45, 7) is 3.07. The molecule has 0 spiro atoms. The summed E-state index contributed by atoms with van der Waals surface area (Å²) >= 11 is 0. The van der Waals surface area contributed by atoms with Crippen LogP contribution in [-0.4, -0.2) is 116 Å². The Morgan fingerprint density at radius 3 is 2.10 bits per heavy atom. The van der Waals surface area contributed by atoms with Crippen LogP contribution in [-0.2, 0) is 28.5 Å². The first-order valence-corrected chi connectivity index (χ1v) is 14.6. The van der Waals surface area contributed by atoms with Crippen LogP contribution in [0.1, 0.15) is 20.8 Å². The topological polar surface area (TPSA) is 261 Å². The second-order valence-corrected chi connectivity index (χ2v) is 11.3. The zero-order valence-electron chi connectivity index (χ0n) is 25.7. The van der Waals surface area contributed by atoms with E-state index in [1.54, 1.807) is 0 Å². The van der Waals surface area contributed by atoms with Crippen molar-refractivity contribution in [3.8, 4) is 34.3 Å². The Bertz CT molecular complexity index is 1700. The molecule has 5 rings (SSSR count). The van der Waals surface area contributed by atoms with E-state index in [0.29, 0.717) is 0 Å². The van der Waals surface area contributed by atoms with Gasteiger partial charge in [-0.25, -0.2) is 0 Å². The molecule has 1 aromatic heterocycles. The van der Waals surface area contributed by atoms with Gasteiger partial charge in [-0.05, 0) is 31.2 Å². The summed E-state index contributed by atoms with van der Waals surface area (Å²) in [6, 6.07) is 7.45. The molecule has 3 heterocycles. The highest BCUT2D eigenvalue weighted by Gasteiger charge is 2.49. The predicted octanol–water partition coefficient (Wildman–Crippen LogP) is -0.602. The van der Waals surface area contributed by atoms with Crippen LogP contribution in [0.5, 0.6) is 23.0 Å². The maximum absolute atomic E-state index is 14.0. The number of fused-ring (bicyclic) bond motifs is 1. The fourth-order valence-electron chi connectivity index (χ4n) is 5.27. The number of phenolic OH excluding ortho intramolecular Hbond substituents is 2. The van der Waals surface area contributed by atoms with Gasteiger partial charge >= 0.3 is 11.9 Å². The first-order valence-electron chi connectivity index (χ1n) is 14.6. The van der Waals surface area contributed by atoms with Gasteiger partial charge in [-0.15, -0.1) is 0 Å². The number of benzene rings is 2. The third kappa shape index (κ3) is 7.02. The molecule has 2 fully saturated rings. The fourth-order valence-corrected chi connectivity index (χ4v) is 5.27. The van der Waals surface area contributed by atoms with Crippen molar-refractivity contribution < 1.29 is 78.2 Å². The van der Waals surface area contributed by atoms with Crippen LogP contribution in [0.2, 0.25) is 0 Å². The number of phenols is 2. The molecule has 17 nitrogen and oxygen atoms in total. The molecule has 0 bridgehead atoms. The number of esters is 2. The largest absolute Gasteiger partial charge is 0.508 e. The van der Waals surface area contributed by atoms with Gasteiger partial charge in [-0.1, -0.05) is 0 Å². The smallest absolute Gasteiger partial charge is 0.303 e. The summed E-state index contributed by atoms with van der Waals surface area (Å²) in [6.07, 6.45) is -15.6. The fraction of sp³-hybridized carbons (Fsp3) is 0.452. The highest BCUT2D eigenvalue weighted by molar-refractivity contribution is 5.88. The molecular formula is C31H34O17. The van der Waals surface area contributed by atoms with Crippen LogP contribution in [0, 0.1) is 0 Å². The van der Waals surface area contributed by atoms with Crippen molar-refractivity contribution in [1.82, 2.24) is 0 Å². The molecule has 2 aliphatic heterocycles. The number of rotatable bonds is 8. The molecule has 7 N–H and O–H groups in total. The van der Waals surface area contributed by atoms with Gasteiger partial charge in [0.1, 0.15) is 71.4 Å². The van der Waals surface area contributed by atoms with Gasteiger partial charge in [0.15, 0.2) is 11.9 Å². The normalized spacial score (nSPS) is 30.4. The Kier molecular flexibility index (Phi) is 10.1. The van der Waals surface area contributed by atoms with E-state index in [1.807, 2.05) is 0 Å². The average Bonchev–Trinajstić information content (AvgIpc) is 3.02. The molecule has 0 aliphatic carbocycles. The van der Waals surface area contributed by atoms with Crippen molar-refractivity contribution in [1.29, 1.82) is 0 Å². The first kappa shape index (κ1) is 34.8. The SMILES string of the molecule is CC(=O)OC[C@@H]1O[C@@H](Oc2c(-c3ccc(O)cc3)oc3cc(O[C@@H]4O[C@H](C)[C@H](O)[C@@H](O)[C@@H]4O)cc(O)c3c2=O)[C@H](O)[C@H](O)[C@@H]1OC(C)=O. The number of carbonyl (C=O) groups excluding carboxylic acids is 2. The molecule has 0 radical (unpaired) electrons. The summed E-state index contributed by atoms with van der Waals surface area (Å²) in [5.41, 5.74) is -1.10. The van der Waals surface area contributed by atoms with E-state index in [2.05, 4.69) is 0 Å². The molecule has 3 aromatic rings. The van der Waals surface area contributed by atoms with Gasteiger partial charge < -0.3 is 68.6 Å². The number of aliphatic hydroxyl groups excluding tert-OH is 5. The van der Waals surface area contributed by atoms with Gasteiger partial charge in [0.2, 0.25) is 23.8 Å². The molecule has 0 unspecified atom stereocenters. The Morgan fingerprint density at radius 1 is 0.812 bits per heavy atom. The van der Waals surface area contributed by atoms with Crippen molar-refractivity contribution >= 4 is 22.9 Å². The Balaban J connectivity index is 1.56. The zero-order chi connectivity index (χ0) is 35.0. The van der Waals surface area contributed by atoms with Crippen LogP contribution in [0.25, 0.3) is 22.3 Å². The van der Waals surface area contributed by atoms with Crippen molar-refractivity contribution in [2.24, 2.45) is 0 Å². The van der Waals surface area contributed by atoms with Crippen LogP contribution >= 0.6 is 0 Å². The third-order valence-corrected chi connectivity index (χ3v) is 7.72. The zero-order valence-corrected chi connectivity index (χ0v) is 25.7. The van der Waals surface area contributed by atoms with Gasteiger partial charge in [-0.2, -0.15) is 0 Å². The second kappa shape index (κ2) is 13.9. The lowest BCUT2D eigenvalue weighted by Gasteiger charge is -2.41. The summed E-state index contributed by atoms with van der Waals surface area (Å²) in [7, 11) is 0. The minimum absolute atomic E-state index is 0.135. The van der Waals surface area contributed by atoms with E-state index < -0.39 is 102 Å². The minimum atomic E-state index is -1.94. The van der Waals surface area contributed by atoms with Gasteiger partial charge in [0, 0.05) is 31.5 Å². The molecule has 0 amide bonds. The van der Waals surface area contributed by atoms with E-state index >= 15 is 0 Å². The molecule has 48 heavy (non-hydrogen) atoms. The summed E-state index contributed by atoms with van der Waals surface area (Å²) < 4.78 is 38.7. The standard InChI is InChI=1S/C31H34O17/c1-11-21(36)23(38)25(40)30(43-11)45-16-8-17(35)20-18(9-16)46-27(14-4-6-15(34)7-5-14)29(22(20)37)48-31-26(41)24(39)28(44-13(3)33)19(47-31)10-42-12(2)32/h4-9,11,19,21,23-26,28,30-31,34-36,38-41H,10H2,1-3H3/t11-,19+,21+,23-,24+,25+,26-,28-,30+,31+/m1/s1. The highest BCUT2D eigenvalue weighted by Crippen LogP contribution is 2.38. The van der Waals surface area contributed by atoms with Gasteiger partial charge in [-0.3, -0.25) is 14.4 Å². The van der Waals surface area contributed by atoms with Crippen LogP contribution in [0.4, 0.5) is 0 Å². The molecular weight excluding hydrogens is 644 g/mol. The molecule has 2 aliphatic rings. The lowest BCUT2D eigenvalue weighted by atomic mass is 9.99. The van der Waals surface area contributed by atoms with E-state index in [1.165, 1.54) is 37.3 Å². The maximum Gasteiger partial charge on any atom is 0.303 e. The van der Waals surface area contributed by atoms with Crippen LogP contribution in [0.15, 0.2) is 45.6 Å². The number of carbonyl (C=O) groups is 2. The van der Waals surface area contributed by atoms with Crippen LogP contribution < -0.4 is 14.9 Å². The molecule has 17 heteroatoms. The highest BCUT2D eigenvalue weighted by atomic mass is 16.7. The van der Waals surface area contributed by atoms with E-state index in [9.17, 15) is 50.1 Å². The maximum atomic E-state index is 14.0. The number of ether oxygens (including phenoxy) is 6. The molecule has 0 saturated carbocycles. The molecule has 2 saturated heterocycles. The monoisotopic (exact) mass is 678 g/mol. The number of aliphatic hydroxyl groups is 5. The van der Waals surface area contributed by atoms with E-state index in [-0.39, 0.29) is 28.4 Å². The lowest BCUT2D eigenvalue weighted by molar-refractivity contribution is -0.282. The average molecular weight is 679 g/mol. The second-order valence-electron chi connectivity index (χ2n) is 11.3. The molecule has 2 aromatic carbocycles. The van der Waals surface area contributed by atoms with Crippen molar-refractivity contribution in [2.45, 2.75) is 82.2 Å². The first-order chi connectivity index (χ1) is 22.7. The van der Waals surface area contributed by atoms with Crippen molar-refractivity contribution in [3.05, 3.63) is 46.6 Å². The van der Waals surface area contributed by atoms with Crippen LogP contribution in [0.3, 0.4) is 0 Å². The quantitative estimate of drug-likeness (QED) is 0.147. The third-order valence-electron chi connectivity index (χ3n) is 7.72. The number of hydrogen-bond donors (Lipinski definition) is 7. The lowest BCUT2D eigenvalue weighted by Crippen LogP contribution is -2.61. The number of hydrogen-bond acceptors (Lipinski definition) is 17. The van der Waals surface area contributed by atoms with E-state index in [4.69, 9.17) is 32.8 Å². The van der Waals surface area contributed by atoms with Gasteiger partial charge in [0.25, 0.3) is 0 Å². The van der Waals surface area contributed by atoms with Gasteiger partial charge in [0.05, 0.1) is 6.10 Å². The van der Waals surface area contributed by atoms with E-state index in [0.717, 1.165) is 19.9 Å². The Labute approximate surface area is 271 Å². The number of aromatic hydroxyl groups is 2. The Hall–Kier alpha value is -4.49.